The van der Waals surface area contributed by atoms with Crippen LogP contribution < -0.4 is 0 Å². The molecule has 0 fully saturated rings. The van der Waals surface area contributed by atoms with E-state index in [0.717, 1.165) is 5.69 Å². The minimum Gasteiger partial charge on any atom is -0.309 e. The highest BCUT2D eigenvalue weighted by Gasteiger charge is 2.22. The Bertz CT molecular complexity index is 3730. The molecule has 1 heterocycles. The van der Waals surface area contributed by atoms with Gasteiger partial charge in [0.2, 0.25) is 0 Å². The van der Waals surface area contributed by atoms with Crippen LogP contribution in [-0.2, 0) is 0 Å². The zero-order valence-electron chi connectivity index (χ0n) is 32.0. The monoisotopic (exact) mass is 743 g/mol. The molecule has 270 valence electrons. The Kier molecular flexibility index (Phi) is 6.08. The number of aromatic nitrogens is 1. The number of hydrogen-bond donors (Lipinski definition) is 0. The van der Waals surface area contributed by atoms with Crippen molar-refractivity contribution in [1.82, 2.24) is 4.57 Å². The fraction of sp³-hybridized carbons (Fsp3) is 0. The quantitative estimate of drug-likeness (QED) is 0.158. The van der Waals surface area contributed by atoms with Crippen molar-refractivity contribution < 1.29 is 0 Å². The molecule has 0 N–H and O–H groups in total. The summed E-state index contributed by atoms with van der Waals surface area (Å²) in [6.07, 6.45) is 0. The topological polar surface area (TPSA) is 4.93 Å². The van der Waals surface area contributed by atoms with Crippen molar-refractivity contribution in [3.05, 3.63) is 200 Å². The van der Waals surface area contributed by atoms with Gasteiger partial charge in [0.25, 0.3) is 0 Å². The third kappa shape index (κ3) is 4.29. The van der Waals surface area contributed by atoms with Gasteiger partial charge in [-0.25, -0.2) is 0 Å². The van der Waals surface area contributed by atoms with Crippen molar-refractivity contribution in [2.24, 2.45) is 0 Å². The molecule has 0 amide bonds. The molecule has 0 radical (unpaired) electrons. The van der Waals surface area contributed by atoms with Crippen LogP contribution in [0.1, 0.15) is 0 Å². The molecule has 0 saturated carbocycles. The Morgan fingerprint density at radius 2 is 0.644 bits per heavy atom. The average molecular weight is 744 g/mol. The number of hydrogen-bond acceptors (Lipinski definition) is 0. The van der Waals surface area contributed by atoms with Crippen LogP contribution in [-0.4, -0.2) is 4.57 Å². The summed E-state index contributed by atoms with van der Waals surface area (Å²) in [6, 6.07) is 75.2. The van der Waals surface area contributed by atoms with Crippen LogP contribution >= 0.6 is 0 Å². The molecule has 59 heavy (non-hydrogen) atoms. The third-order valence-corrected chi connectivity index (χ3v) is 13.4. The van der Waals surface area contributed by atoms with E-state index in [1.54, 1.807) is 0 Å². The summed E-state index contributed by atoms with van der Waals surface area (Å²) in [5.41, 5.74) is 11.0. The fourth-order valence-corrected chi connectivity index (χ4v) is 10.8. The van der Waals surface area contributed by atoms with Gasteiger partial charge >= 0.3 is 0 Å². The highest BCUT2D eigenvalue weighted by atomic mass is 15.0. The van der Waals surface area contributed by atoms with Crippen LogP contribution in [0, 0.1) is 0 Å². The summed E-state index contributed by atoms with van der Waals surface area (Å²) < 4.78 is 2.53. The van der Waals surface area contributed by atoms with Crippen molar-refractivity contribution >= 4 is 97.2 Å². The van der Waals surface area contributed by atoms with Gasteiger partial charge in [-0.1, -0.05) is 164 Å². The molecular weight excluding hydrogens is 711 g/mol. The van der Waals surface area contributed by atoms with E-state index < -0.39 is 0 Å². The van der Waals surface area contributed by atoms with Gasteiger partial charge in [0.05, 0.1) is 11.0 Å². The Morgan fingerprint density at radius 3 is 1.14 bits per heavy atom. The molecule has 0 aliphatic carbocycles. The lowest BCUT2D eigenvalue weighted by Crippen LogP contribution is -1.95. The van der Waals surface area contributed by atoms with E-state index in [2.05, 4.69) is 205 Å². The maximum atomic E-state index is 2.53. The molecule has 1 aromatic heterocycles. The highest BCUT2D eigenvalue weighted by molar-refractivity contribution is 6.29. The predicted molar refractivity (Wildman–Crippen MR) is 253 cm³/mol. The van der Waals surface area contributed by atoms with E-state index in [9.17, 15) is 0 Å². The summed E-state index contributed by atoms with van der Waals surface area (Å²) in [7, 11) is 0. The molecule has 13 aromatic carbocycles. The lowest BCUT2D eigenvalue weighted by molar-refractivity contribution is 1.18. The van der Waals surface area contributed by atoms with Gasteiger partial charge in [-0.05, 0) is 145 Å². The number of nitrogens with zero attached hydrogens (tertiary/aromatic N) is 1. The van der Waals surface area contributed by atoms with Crippen molar-refractivity contribution in [2.75, 3.05) is 0 Å². The third-order valence-electron chi connectivity index (χ3n) is 13.4. The summed E-state index contributed by atoms with van der Waals surface area (Å²) in [4.78, 5) is 0. The van der Waals surface area contributed by atoms with E-state index in [1.165, 1.54) is 131 Å². The van der Waals surface area contributed by atoms with Crippen molar-refractivity contribution in [2.45, 2.75) is 0 Å². The summed E-state index contributed by atoms with van der Waals surface area (Å²) in [5.74, 6) is 0. The van der Waals surface area contributed by atoms with Crippen LogP contribution in [0.4, 0.5) is 0 Å². The molecule has 0 aliphatic rings. The minimum atomic E-state index is 1.16. The van der Waals surface area contributed by atoms with Gasteiger partial charge in [0.1, 0.15) is 0 Å². The predicted octanol–water partition coefficient (Wildman–Crippen LogP) is 16.2. The highest BCUT2D eigenvalue weighted by Crippen LogP contribution is 2.47. The van der Waals surface area contributed by atoms with Gasteiger partial charge in [-0.3, -0.25) is 0 Å². The van der Waals surface area contributed by atoms with Crippen LogP contribution in [0.5, 0.6) is 0 Å². The maximum Gasteiger partial charge on any atom is 0.0553 e. The first-order valence-electron chi connectivity index (χ1n) is 20.6. The molecule has 0 spiro atoms. The zero-order chi connectivity index (χ0) is 38.3. The average Bonchev–Trinajstić information content (AvgIpc) is 3.64. The van der Waals surface area contributed by atoms with Crippen LogP contribution in [0.15, 0.2) is 200 Å². The number of benzene rings is 13. The minimum absolute atomic E-state index is 1.16. The van der Waals surface area contributed by atoms with E-state index in [0.29, 0.717) is 0 Å². The molecular formula is C58H33N. The normalized spacial score (nSPS) is 12.4. The second-order valence-corrected chi connectivity index (χ2v) is 16.4. The zero-order valence-corrected chi connectivity index (χ0v) is 32.0. The SMILES string of the molecule is c1ccc(-c2ccc(-n3c4cc(-c5ccc6ccc7cccc8ccc5c6c78)cc5ccc6cc(-c7ccc8ccc9cccc%10ccc7c8c9%10)cc3c6c54)cc2)cc1. The Morgan fingerprint density at radius 1 is 0.237 bits per heavy atom. The molecule has 0 aliphatic heterocycles. The largest absolute Gasteiger partial charge is 0.309 e. The first kappa shape index (κ1) is 31.4. The van der Waals surface area contributed by atoms with Crippen molar-refractivity contribution in [3.63, 3.8) is 0 Å². The maximum absolute atomic E-state index is 2.53. The second kappa shape index (κ2) is 11.4. The van der Waals surface area contributed by atoms with E-state index >= 15 is 0 Å². The van der Waals surface area contributed by atoms with Gasteiger partial charge in [0.15, 0.2) is 0 Å². The first-order chi connectivity index (χ1) is 29.2. The Hall–Kier alpha value is -7.74. The molecule has 0 bridgehead atoms. The molecule has 0 atom stereocenters. The molecule has 1 nitrogen and oxygen atoms in total. The Balaban J connectivity index is 1.06. The van der Waals surface area contributed by atoms with Crippen LogP contribution in [0.3, 0.4) is 0 Å². The smallest absolute Gasteiger partial charge is 0.0553 e. The molecule has 0 unspecified atom stereocenters. The summed E-state index contributed by atoms with van der Waals surface area (Å²) in [6.45, 7) is 0. The molecule has 1 heteroatoms. The standard InChI is InChI=1S/C58H33N/c1-2-6-34(7-3-1)35-18-24-46(25-19-35)59-51-32-44(47-26-20-40-14-12-36-8-4-10-38-22-28-49(47)55(40)53(36)38)30-42-16-17-43-31-45(33-52(59)58(43)57(42)51)48-27-21-41-15-13-37-9-5-11-39-23-29-50(48)56(41)54(37)39/h1-33H. The molecule has 14 aromatic rings. The van der Waals surface area contributed by atoms with Crippen molar-refractivity contribution in [3.8, 4) is 39.1 Å². The molecule has 0 saturated heterocycles. The second-order valence-electron chi connectivity index (χ2n) is 16.4. The van der Waals surface area contributed by atoms with Crippen LogP contribution in [0.2, 0.25) is 0 Å². The van der Waals surface area contributed by atoms with Crippen LogP contribution in [0.25, 0.3) is 136 Å². The van der Waals surface area contributed by atoms with Gasteiger partial charge in [-0.2, -0.15) is 0 Å². The Labute approximate surface area is 339 Å². The van der Waals surface area contributed by atoms with E-state index in [4.69, 9.17) is 0 Å². The molecule has 14 rings (SSSR count). The summed E-state index contributed by atoms with van der Waals surface area (Å²) in [5, 5.41) is 20.9. The van der Waals surface area contributed by atoms with Crippen molar-refractivity contribution in [1.29, 1.82) is 0 Å². The lowest BCUT2D eigenvalue weighted by atomic mass is 9.88. The fourth-order valence-electron chi connectivity index (χ4n) is 10.8. The lowest BCUT2D eigenvalue weighted by Gasteiger charge is -2.15. The van der Waals surface area contributed by atoms with Gasteiger partial charge in [-0.15, -0.1) is 0 Å². The first-order valence-corrected chi connectivity index (χ1v) is 20.6. The van der Waals surface area contributed by atoms with Gasteiger partial charge < -0.3 is 4.57 Å². The van der Waals surface area contributed by atoms with E-state index in [-0.39, 0.29) is 0 Å². The van der Waals surface area contributed by atoms with Gasteiger partial charge in [0, 0.05) is 16.5 Å². The summed E-state index contributed by atoms with van der Waals surface area (Å²) >= 11 is 0. The van der Waals surface area contributed by atoms with E-state index in [1.807, 2.05) is 0 Å². The number of rotatable bonds is 4.